The van der Waals surface area contributed by atoms with Crippen LogP contribution < -0.4 is 11.1 Å². The van der Waals surface area contributed by atoms with Crippen molar-refractivity contribution in [1.29, 1.82) is 0 Å². The van der Waals surface area contributed by atoms with E-state index in [2.05, 4.69) is 14.4 Å². The molecule has 0 radical (unpaired) electrons. The van der Waals surface area contributed by atoms with Gasteiger partial charge in [0.15, 0.2) is 0 Å². The molecule has 11 rings (SSSR count). The van der Waals surface area contributed by atoms with Gasteiger partial charge < -0.3 is 10.2 Å². The van der Waals surface area contributed by atoms with Crippen LogP contribution in [0.15, 0.2) is 92.2 Å². The molecule has 0 aliphatic rings. The first-order valence-electron chi connectivity index (χ1n) is 15.5. The third-order valence-electron chi connectivity index (χ3n) is 10.1. The number of imidazole rings is 2. The lowest BCUT2D eigenvalue weighted by molar-refractivity contribution is -0.432. The van der Waals surface area contributed by atoms with E-state index in [0.29, 0.717) is 81.0 Å². The summed E-state index contributed by atoms with van der Waals surface area (Å²) in [6.45, 7) is 0. The third-order valence-corrected chi connectivity index (χ3v) is 11.5. The summed E-state index contributed by atoms with van der Waals surface area (Å²) in [7, 11) is -4.58. The molecule has 0 saturated heterocycles. The molecule has 0 aliphatic heterocycles. The number of nitrogens with zero attached hydrogens (tertiary/aromatic N) is 4. The number of aromatic nitrogens is 4. The van der Waals surface area contributed by atoms with Gasteiger partial charge in [0.05, 0.1) is 49.8 Å². The Kier molecular flexibility index (Phi) is 5.45. The summed E-state index contributed by atoms with van der Waals surface area (Å²) in [6, 6.07) is 18.7. The lowest BCUT2D eigenvalue weighted by atomic mass is 9.85. The Morgan fingerprint density at radius 3 is 1.62 bits per heavy atom. The number of rotatable bonds is 4. The van der Waals surface area contributed by atoms with E-state index in [1.807, 2.05) is 6.07 Å². The predicted octanol–water partition coefficient (Wildman–Crippen LogP) is 6.33. The zero-order valence-corrected chi connectivity index (χ0v) is 27.4. The summed E-state index contributed by atoms with van der Waals surface area (Å²) in [5.41, 5.74) is 1.07. The van der Waals surface area contributed by atoms with Crippen molar-refractivity contribution in [3.63, 3.8) is 0 Å². The molecule has 4 heterocycles. The first-order valence-corrected chi connectivity index (χ1v) is 17.7. The number of phenolic OH excluding ortho intramolecular Hbond substituents is 2. The molecule has 11 aromatic rings. The number of aromatic hydroxyl groups is 2. The molecule has 52 heavy (non-hydrogen) atoms. The number of hydrogen-bond acceptors (Lipinski definition) is 12. The van der Waals surface area contributed by atoms with Gasteiger partial charge in [-0.2, -0.15) is 8.42 Å². The van der Waals surface area contributed by atoms with Gasteiger partial charge in [-0.05, 0) is 71.4 Å². The maximum absolute atomic E-state index is 14.3. The van der Waals surface area contributed by atoms with Crippen LogP contribution in [0.3, 0.4) is 0 Å². The second-order valence-electron chi connectivity index (χ2n) is 12.6. The Morgan fingerprint density at radius 1 is 0.596 bits per heavy atom. The summed E-state index contributed by atoms with van der Waals surface area (Å²) in [5.74, 6) is -0.412. The Balaban J connectivity index is 1.31. The van der Waals surface area contributed by atoms with Crippen LogP contribution in [0.1, 0.15) is 0 Å². The molecule has 0 saturated carbocycles. The molecule has 0 unspecified atom stereocenters. The van der Waals surface area contributed by atoms with Gasteiger partial charge in [-0.3, -0.25) is 22.9 Å². The minimum atomic E-state index is -4.58. The first kappa shape index (κ1) is 29.6. The molecule has 252 valence electrons. The molecule has 14 nitrogen and oxygen atoms in total. The highest BCUT2D eigenvalue weighted by Crippen LogP contribution is 2.50. The van der Waals surface area contributed by atoms with Gasteiger partial charge >= 0.3 is 0 Å². The average molecular weight is 729 g/mol. The van der Waals surface area contributed by atoms with Gasteiger partial charge in [-0.1, -0.05) is 17.2 Å². The molecule has 0 bridgehead atoms. The van der Waals surface area contributed by atoms with Gasteiger partial charge in [0.1, 0.15) is 22.8 Å². The Bertz CT molecular complexity index is 3680. The normalized spacial score (nSPS) is 13.1. The standard InChI is InChI=1S/C36H16N4O10S2/c41-25-11-19-27-17(33-37-21-7-1-13(51-50-49-45)9-23(21)39(33)35(19)43)5-3-15-30-26(42)12-20-28-18(6-4-16(32(28)30)29(25)31(15)27)34-38-22-8-2-14(52(46,47)48)10-24(22)40(34)36(20)44/h1-12,41-42,45H,(H,46,47,48). The van der Waals surface area contributed by atoms with Crippen molar-refractivity contribution in [1.82, 2.24) is 18.8 Å². The van der Waals surface area contributed by atoms with Crippen LogP contribution in [0.25, 0.3) is 98.0 Å². The molecule has 0 fully saturated rings. The van der Waals surface area contributed by atoms with Crippen LogP contribution >= 0.6 is 12.0 Å². The van der Waals surface area contributed by atoms with E-state index in [0.717, 1.165) is 12.0 Å². The zero-order chi connectivity index (χ0) is 35.5. The summed E-state index contributed by atoms with van der Waals surface area (Å²) in [4.78, 5) is 38.1. The maximum atomic E-state index is 14.3. The van der Waals surface area contributed by atoms with E-state index < -0.39 is 26.1 Å². The highest BCUT2D eigenvalue weighted by Gasteiger charge is 2.27. The first-order chi connectivity index (χ1) is 25.0. The van der Waals surface area contributed by atoms with Crippen LogP contribution in [0.2, 0.25) is 0 Å². The van der Waals surface area contributed by atoms with Crippen molar-refractivity contribution in [2.24, 2.45) is 0 Å². The van der Waals surface area contributed by atoms with Gasteiger partial charge in [-0.25, -0.2) is 15.2 Å². The quantitative estimate of drug-likeness (QED) is 0.0392. The fourth-order valence-corrected chi connectivity index (χ4v) is 9.06. The van der Waals surface area contributed by atoms with Crippen LogP contribution in [0.5, 0.6) is 11.5 Å². The van der Waals surface area contributed by atoms with Crippen LogP contribution in [0, 0.1) is 0 Å². The van der Waals surface area contributed by atoms with Crippen LogP contribution in [0.4, 0.5) is 0 Å². The molecule has 0 atom stereocenters. The summed E-state index contributed by atoms with van der Waals surface area (Å²) in [6.07, 6.45) is 0. The molecule has 0 spiro atoms. The fraction of sp³-hybridized carbons (Fsp3) is 0. The van der Waals surface area contributed by atoms with Gasteiger partial charge in [0.2, 0.25) is 0 Å². The minimum absolute atomic E-state index is 0.128. The van der Waals surface area contributed by atoms with E-state index in [-0.39, 0.29) is 33.4 Å². The topological polar surface area (TPSA) is 202 Å². The lowest BCUT2D eigenvalue weighted by Gasteiger charge is -2.19. The lowest BCUT2D eigenvalue weighted by Crippen LogP contribution is -2.14. The molecule has 4 N–H and O–H groups in total. The van der Waals surface area contributed by atoms with Crippen molar-refractivity contribution < 1.29 is 37.8 Å². The Morgan fingerprint density at radius 2 is 1.10 bits per heavy atom. The molecule has 0 amide bonds. The average Bonchev–Trinajstić information content (AvgIpc) is 3.70. The number of pyridine rings is 2. The number of phenols is 2. The summed E-state index contributed by atoms with van der Waals surface area (Å²) in [5, 5.41) is 41.2. The van der Waals surface area contributed by atoms with Crippen molar-refractivity contribution in [3.05, 3.63) is 93.5 Å². The highest BCUT2D eigenvalue weighted by molar-refractivity contribution is 7.94. The molecule has 4 aromatic heterocycles. The largest absolute Gasteiger partial charge is 0.507 e. The molecular weight excluding hydrogens is 713 g/mol. The van der Waals surface area contributed by atoms with Crippen molar-refractivity contribution in [2.45, 2.75) is 9.79 Å². The van der Waals surface area contributed by atoms with E-state index in [1.54, 1.807) is 36.4 Å². The minimum Gasteiger partial charge on any atom is -0.507 e. The third kappa shape index (κ3) is 3.49. The van der Waals surface area contributed by atoms with Crippen molar-refractivity contribution in [3.8, 4) is 11.5 Å². The predicted molar refractivity (Wildman–Crippen MR) is 194 cm³/mol. The number of benzene rings is 7. The highest BCUT2D eigenvalue weighted by atomic mass is 32.2. The Hall–Kier alpha value is -6.14. The van der Waals surface area contributed by atoms with Gasteiger partial charge in [0, 0.05) is 48.0 Å². The monoisotopic (exact) mass is 728 g/mol. The van der Waals surface area contributed by atoms with Crippen molar-refractivity contribution >= 4 is 120 Å². The van der Waals surface area contributed by atoms with E-state index in [1.165, 1.54) is 39.1 Å². The van der Waals surface area contributed by atoms with Crippen molar-refractivity contribution in [2.75, 3.05) is 0 Å². The fourth-order valence-electron chi connectivity index (χ4n) is 8.16. The van der Waals surface area contributed by atoms with E-state index in [4.69, 9.17) is 10.2 Å². The molecule has 0 aliphatic carbocycles. The van der Waals surface area contributed by atoms with E-state index in [9.17, 15) is 32.8 Å². The summed E-state index contributed by atoms with van der Waals surface area (Å²) >= 11 is 0.741. The van der Waals surface area contributed by atoms with Gasteiger partial charge in [0.25, 0.3) is 21.2 Å². The molecule has 7 aromatic carbocycles. The van der Waals surface area contributed by atoms with Crippen LogP contribution in [-0.4, -0.2) is 47.2 Å². The second kappa shape index (κ2) is 9.59. The van der Waals surface area contributed by atoms with Crippen LogP contribution in [-0.2, 0) is 19.5 Å². The van der Waals surface area contributed by atoms with Gasteiger partial charge in [-0.15, -0.1) is 4.33 Å². The number of hydrogen-bond donors (Lipinski definition) is 4. The maximum Gasteiger partial charge on any atom is 0.294 e. The summed E-state index contributed by atoms with van der Waals surface area (Å²) < 4.78 is 40.9. The molecular formula is C36H16N4O10S2. The van der Waals surface area contributed by atoms with E-state index >= 15 is 0 Å². The smallest absolute Gasteiger partial charge is 0.294 e. The second-order valence-corrected chi connectivity index (χ2v) is 14.8. The Labute approximate surface area is 290 Å². The zero-order valence-electron chi connectivity index (χ0n) is 25.8. The SMILES string of the molecule is O=c1c2cc(O)c3c4ccc5c6c(cc(O)c(c7ccc(c2c73)c2nc3ccc(SOOO)cc3n12)c46)c(=O)n1c2cc(S(=O)(=O)O)ccc2nc51. The molecule has 16 heteroatoms. The number of fused-ring (bicyclic) bond motifs is 10.